The fourth-order valence-corrected chi connectivity index (χ4v) is 2.85. The molecule has 0 atom stereocenters. The summed E-state index contributed by atoms with van der Waals surface area (Å²) in [4.78, 5) is 0. The van der Waals surface area contributed by atoms with Crippen LogP contribution in [0.4, 0.5) is 22.0 Å². The molecule has 0 aliphatic heterocycles. The van der Waals surface area contributed by atoms with Crippen LogP contribution in [-0.2, 0) is 13.0 Å². The molecule has 0 N–H and O–H groups in total. The van der Waals surface area contributed by atoms with Gasteiger partial charge in [0.2, 0.25) is 0 Å². The minimum Gasteiger partial charge on any atom is -0.489 e. The molecule has 0 aliphatic rings. The number of halogens is 5. The summed E-state index contributed by atoms with van der Waals surface area (Å²) in [5.41, 5.74) is 0.545. The van der Waals surface area contributed by atoms with Crippen LogP contribution in [0, 0.1) is 29.1 Å². The molecule has 0 spiro atoms. The zero-order valence-corrected chi connectivity index (χ0v) is 15.0. The third-order valence-electron chi connectivity index (χ3n) is 4.33. The lowest BCUT2D eigenvalue weighted by molar-refractivity contribution is 0.295. The first-order valence-electron chi connectivity index (χ1n) is 8.74. The highest BCUT2D eigenvalue weighted by molar-refractivity contribution is 5.65. The van der Waals surface area contributed by atoms with Gasteiger partial charge in [-0.05, 0) is 41.8 Å². The van der Waals surface area contributed by atoms with Crippen molar-refractivity contribution in [2.45, 2.75) is 26.4 Å². The Bertz CT molecular complexity index is 1000. The van der Waals surface area contributed by atoms with Gasteiger partial charge in [0.1, 0.15) is 18.2 Å². The first-order valence-corrected chi connectivity index (χ1v) is 8.74. The molecular weight excluding hydrogens is 375 g/mol. The number of benzene rings is 3. The van der Waals surface area contributed by atoms with Gasteiger partial charge in [0.05, 0.1) is 0 Å². The molecule has 0 aliphatic carbocycles. The van der Waals surface area contributed by atoms with Gasteiger partial charge in [-0.2, -0.15) is 0 Å². The number of hydrogen-bond acceptors (Lipinski definition) is 1. The molecule has 6 heteroatoms. The lowest BCUT2D eigenvalue weighted by atomic mass is 10.0. The van der Waals surface area contributed by atoms with Gasteiger partial charge in [-0.15, -0.1) is 0 Å². The van der Waals surface area contributed by atoms with Crippen molar-refractivity contribution in [3.05, 3.63) is 88.7 Å². The van der Waals surface area contributed by atoms with Gasteiger partial charge in [-0.25, -0.2) is 22.0 Å². The molecule has 1 nitrogen and oxygen atoms in total. The molecule has 0 saturated heterocycles. The third kappa shape index (κ3) is 4.16. The van der Waals surface area contributed by atoms with Crippen molar-refractivity contribution in [3.8, 4) is 16.9 Å². The summed E-state index contributed by atoms with van der Waals surface area (Å²) in [5, 5.41) is 0. The lowest BCUT2D eigenvalue weighted by Crippen LogP contribution is -2.04. The fraction of sp³-hybridized carbons (Fsp3) is 0.182. The largest absolute Gasteiger partial charge is 0.489 e. The topological polar surface area (TPSA) is 9.23 Å². The lowest BCUT2D eigenvalue weighted by Gasteiger charge is -2.11. The molecule has 0 fully saturated rings. The Labute approximate surface area is 159 Å². The predicted octanol–water partition coefficient (Wildman–Crippen LogP) is 6.58. The van der Waals surface area contributed by atoms with E-state index < -0.39 is 29.1 Å². The minimum atomic E-state index is -1.08. The molecule has 0 unspecified atom stereocenters. The summed E-state index contributed by atoms with van der Waals surface area (Å²) in [7, 11) is 0. The molecule has 0 bridgehead atoms. The number of aryl methyl sites for hydroxylation is 1. The van der Waals surface area contributed by atoms with Crippen molar-refractivity contribution in [3.63, 3.8) is 0 Å². The smallest absolute Gasteiger partial charge is 0.165 e. The Morgan fingerprint density at radius 2 is 1.43 bits per heavy atom. The maximum atomic E-state index is 14.3. The Kier molecular flexibility index (Phi) is 5.97. The second kappa shape index (κ2) is 8.42. The Balaban J connectivity index is 1.76. The average Bonchev–Trinajstić information content (AvgIpc) is 2.67. The van der Waals surface area contributed by atoms with Crippen LogP contribution in [0.5, 0.6) is 5.75 Å². The van der Waals surface area contributed by atoms with Crippen LogP contribution in [0.25, 0.3) is 11.1 Å². The number of ether oxygens (including phenoxy) is 1. The van der Waals surface area contributed by atoms with E-state index in [0.29, 0.717) is 18.4 Å². The van der Waals surface area contributed by atoms with Crippen LogP contribution in [-0.4, -0.2) is 0 Å². The van der Waals surface area contributed by atoms with Crippen molar-refractivity contribution in [2.75, 3.05) is 0 Å². The Hall–Kier alpha value is -2.89. The van der Waals surface area contributed by atoms with Gasteiger partial charge < -0.3 is 4.74 Å². The van der Waals surface area contributed by atoms with E-state index in [1.54, 1.807) is 0 Å². The normalized spacial score (nSPS) is 10.9. The highest BCUT2D eigenvalue weighted by Gasteiger charge is 2.14. The van der Waals surface area contributed by atoms with Crippen LogP contribution >= 0.6 is 0 Å². The first-order chi connectivity index (χ1) is 13.4. The van der Waals surface area contributed by atoms with Gasteiger partial charge in [0.25, 0.3) is 0 Å². The van der Waals surface area contributed by atoms with E-state index in [2.05, 4.69) is 0 Å². The van der Waals surface area contributed by atoms with Gasteiger partial charge in [-0.3, -0.25) is 0 Å². The summed E-state index contributed by atoms with van der Waals surface area (Å²) >= 11 is 0. The number of rotatable bonds is 6. The third-order valence-corrected chi connectivity index (χ3v) is 4.33. The first kappa shape index (κ1) is 19.9. The zero-order chi connectivity index (χ0) is 20.3. The van der Waals surface area contributed by atoms with E-state index in [1.807, 2.05) is 6.92 Å². The molecule has 0 aromatic heterocycles. The van der Waals surface area contributed by atoms with Gasteiger partial charge >= 0.3 is 0 Å². The van der Waals surface area contributed by atoms with Crippen LogP contribution in [0.2, 0.25) is 0 Å². The minimum absolute atomic E-state index is 0.0162. The molecule has 0 heterocycles. The van der Waals surface area contributed by atoms with E-state index in [4.69, 9.17) is 4.74 Å². The van der Waals surface area contributed by atoms with Crippen molar-refractivity contribution in [1.29, 1.82) is 0 Å². The zero-order valence-electron chi connectivity index (χ0n) is 15.0. The van der Waals surface area contributed by atoms with Crippen LogP contribution in [0.3, 0.4) is 0 Å². The standard InChI is InChI=1S/C22H17F5O/c1-2-3-13-4-5-15(22(27)21(13)26)12-28-16-7-8-17(19(24)11-16)14-6-9-18(23)20(25)10-14/h4-11H,2-3,12H2,1H3. The van der Waals surface area contributed by atoms with Gasteiger partial charge in [-0.1, -0.05) is 31.5 Å². The van der Waals surface area contributed by atoms with E-state index in [9.17, 15) is 22.0 Å². The molecule has 146 valence electrons. The van der Waals surface area contributed by atoms with E-state index in [0.717, 1.165) is 18.2 Å². The van der Waals surface area contributed by atoms with Crippen molar-refractivity contribution in [1.82, 2.24) is 0 Å². The van der Waals surface area contributed by atoms with E-state index >= 15 is 0 Å². The quantitative estimate of drug-likeness (QED) is 0.431. The molecular formula is C22H17F5O. The van der Waals surface area contributed by atoms with Crippen molar-refractivity contribution in [2.24, 2.45) is 0 Å². The maximum absolute atomic E-state index is 14.3. The molecule has 3 aromatic carbocycles. The monoisotopic (exact) mass is 392 g/mol. The highest BCUT2D eigenvalue weighted by Crippen LogP contribution is 2.28. The SMILES string of the molecule is CCCc1ccc(COc2ccc(-c3ccc(F)c(F)c3)c(F)c2)c(F)c1F. The summed E-state index contributed by atoms with van der Waals surface area (Å²) in [6.45, 7) is 1.59. The van der Waals surface area contributed by atoms with Crippen molar-refractivity contribution < 1.29 is 26.7 Å². The van der Waals surface area contributed by atoms with Crippen LogP contribution < -0.4 is 4.74 Å². The summed E-state index contributed by atoms with van der Waals surface area (Å²) in [5.74, 6) is -4.60. The summed E-state index contributed by atoms with van der Waals surface area (Å²) in [6, 6.07) is 9.82. The summed E-state index contributed by atoms with van der Waals surface area (Å²) in [6.07, 6.45) is 1.12. The highest BCUT2D eigenvalue weighted by atomic mass is 19.2. The molecule has 0 radical (unpaired) electrons. The second-order valence-electron chi connectivity index (χ2n) is 6.32. The molecule has 28 heavy (non-hydrogen) atoms. The van der Waals surface area contributed by atoms with E-state index in [-0.39, 0.29) is 29.0 Å². The molecule has 3 rings (SSSR count). The fourth-order valence-electron chi connectivity index (χ4n) is 2.85. The summed E-state index contributed by atoms with van der Waals surface area (Å²) < 4.78 is 74.2. The Morgan fingerprint density at radius 3 is 2.11 bits per heavy atom. The van der Waals surface area contributed by atoms with Crippen LogP contribution in [0.15, 0.2) is 48.5 Å². The Morgan fingerprint density at radius 1 is 0.714 bits per heavy atom. The number of hydrogen-bond donors (Lipinski definition) is 0. The molecule has 3 aromatic rings. The van der Waals surface area contributed by atoms with Crippen molar-refractivity contribution >= 4 is 0 Å². The van der Waals surface area contributed by atoms with Gasteiger partial charge in [0, 0.05) is 17.2 Å². The second-order valence-corrected chi connectivity index (χ2v) is 6.32. The average molecular weight is 392 g/mol. The maximum Gasteiger partial charge on any atom is 0.165 e. The van der Waals surface area contributed by atoms with Crippen LogP contribution in [0.1, 0.15) is 24.5 Å². The van der Waals surface area contributed by atoms with Gasteiger partial charge in [0.15, 0.2) is 23.3 Å². The predicted molar refractivity (Wildman–Crippen MR) is 96.4 cm³/mol. The van der Waals surface area contributed by atoms with E-state index in [1.165, 1.54) is 30.3 Å². The molecule has 0 amide bonds. The molecule has 0 saturated carbocycles.